The van der Waals surface area contributed by atoms with Crippen LogP contribution in [0.25, 0.3) is 0 Å². The molecule has 0 aromatic carbocycles. The maximum atomic E-state index is 4.88. The van der Waals surface area contributed by atoms with E-state index in [2.05, 4.69) is 41.2 Å². The summed E-state index contributed by atoms with van der Waals surface area (Å²) in [4.78, 5) is 10.1. The van der Waals surface area contributed by atoms with Gasteiger partial charge < -0.3 is 20.4 Å². The monoisotopic (exact) mass is 365 g/mol. The second kappa shape index (κ2) is 12.6. The molecule has 0 spiro atoms. The first-order chi connectivity index (χ1) is 12.7. The first-order valence-electron chi connectivity index (χ1n) is 11.2. The minimum absolute atomic E-state index is 0.659. The van der Waals surface area contributed by atoms with Crippen molar-refractivity contribution in [3.8, 4) is 0 Å². The third kappa shape index (κ3) is 8.26. The molecule has 0 saturated carbocycles. The molecule has 0 aromatic rings. The van der Waals surface area contributed by atoms with Gasteiger partial charge in [-0.1, -0.05) is 12.8 Å². The van der Waals surface area contributed by atoms with Gasteiger partial charge in [0.05, 0.1) is 0 Å². The third-order valence-corrected chi connectivity index (χ3v) is 5.77. The molecule has 2 fully saturated rings. The van der Waals surface area contributed by atoms with Crippen LogP contribution in [0.15, 0.2) is 4.99 Å². The van der Waals surface area contributed by atoms with Crippen LogP contribution in [0.1, 0.15) is 65.7 Å². The van der Waals surface area contributed by atoms with Crippen molar-refractivity contribution in [2.45, 2.75) is 71.8 Å². The van der Waals surface area contributed by atoms with E-state index in [-0.39, 0.29) is 0 Å². The number of hydrogen-bond donors (Lipinski definition) is 2. The molecule has 0 amide bonds. The van der Waals surface area contributed by atoms with Gasteiger partial charge in [0.25, 0.3) is 0 Å². The fourth-order valence-corrected chi connectivity index (χ4v) is 4.15. The van der Waals surface area contributed by atoms with Crippen molar-refractivity contribution < 1.29 is 0 Å². The molecule has 5 nitrogen and oxygen atoms in total. The Morgan fingerprint density at radius 1 is 1.04 bits per heavy atom. The molecule has 2 heterocycles. The summed E-state index contributed by atoms with van der Waals surface area (Å²) in [6, 6.07) is 0.659. The Hall–Kier alpha value is -0.810. The molecule has 2 aliphatic heterocycles. The molecule has 152 valence electrons. The molecule has 0 radical (unpaired) electrons. The van der Waals surface area contributed by atoms with Crippen LogP contribution >= 0.6 is 0 Å². The van der Waals surface area contributed by atoms with Gasteiger partial charge in [-0.2, -0.15) is 0 Å². The van der Waals surface area contributed by atoms with Gasteiger partial charge in [-0.05, 0) is 85.0 Å². The molecule has 2 rings (SSSR count). The summed E-state index contributed by atoms with van der Waals surface area (Å²) < 4.78 is 0. The fourth-order valence-electron chi connectivity index (χ4n) is 4.15. The summed E-state index contributed by atoms with van der Waals surface area (Å²) in [6.07, 6.45) is 9.44. The highest BCUT2D eigenvalue weighted by Gasteiger charge is 2.21. The van der Waals surface area contributed by atoms with E-state index in [0.717, 1.165) is 25.6 Å². The van der Waals surface area contributed by atoms with Gasteiger partial charge in [-0.25, -0.2) is 0 Å². The van der Waals surface area contributed by atoms with Crippen LogP contribution in [0.3, 0.4) is 0 Å². The highest BCUT2D eigenvalue weighted by molar-refractivity contribution is 5.79. The first-order valence-corrected chi connectivity index (χ1v) is 11.2. The van der Waals surface area contributed by atoms with Crippen molar-refractivity contribution in [1.82, 2.24) is 20.4 Å². The summed E-state index contributed by atoms with van der Waals surface area (Å²) in [6.45, 7) is 15.9. The van der Waals surface area contributed by atoms with Crippen molar-refractivity contribution in [1.29, 1.82) is 0 Å². The van der Waals surface area contributed by atoms with Crippen molar-refractivity contribution in [2.24, 2.45) is 10.9 Å². The summed E-state index contributed by atoms with van der Waals surface area (Å²) in [5.41, 5.74) is 0. The van der Waals surface area contributed by atoms with E-state index in [1.807, 2.05) is 0 Å². The number of nitrogens with zero attached hydrogens (tertiary/aromatic N) is 3. The second-order valence-corrected chi connectivity index (χ2v) is 8.35. The molecule has 2 N–H and O–H groups in total. The van der Waals surface area contributed by atoms with Gasteiger partial charge in [0.15, 0.2) is 5.96 Å². The lowest BCUT2D eigenvalue weighted by molar-refractivity contribution is 0.143. The molecule has 5 heteroatoms. The predicted molar refractivity (Wildman–Crippen MR) is 113 cm³/mol. The van der Waals surface area contributed by atoms with Crippen molar-refractivity contribution in [3.63, 3.8) is 0 Å². The maximum absolute atomic E-state index is 4.88. The zero-order valence-corrected chi connectivity index (χ0v) is 17.6. The molecule has 0 bridgehead atoms. The average Bonchev–Trinajstić information content (AvgIpc) is 2.92. The van der Waals surface area contributed by atoms with E-state index in [1.54, 1.807) is 0 Å². The number of nitrogens with one attached hydrogen (secondary N) is 2. The highest BCUT2D eigenvalue weighted by Crippen LogP contribution is 2.18. The number of guanidine groups is 1. The zero-order valence-electron chi connectivity index (χ0n) is 17.6. The molecular weight excluding hydrogens is 322 g/mol. The van der Waals surface area contributed by atoms with Gasteiger partial charge >= 0.3 is 0 Å². The Morgan fingerprint density at radius 2 is 1.81 bits per heavy atom. The van der Waals surface area contributed by atoms with Crippen LogP contribution in [0.2, 0.25) is 0 Å². The minimum atomic E-state index is 0.659. The Labute approximate surface area is 162 Å². The molecule has 26 heavy (non-hydrogen) atoms. The molecule has 0 aromatic heterocycles. The number of piperidine rings is 1. The quantitative estimate of drug-likeness (QED) is 0.394. The van der Waals surface area contributed by atoms with Crippen molar-refractivity contribution in [3.05, 3.63) is 0 Å². The van der Waals surface area contributed by atoms with Crippen LogP contribution in [0.4, 0.5) is 0 Å². The highest BCUT2D eigenvalue weighted by atomic mass is 15.2. The summed E-state index contributed by atoms with van der Waals surface area (Å²) in [5, 5.41) is 6.96. The van der Waals surface area contributed by atoms with Crippen LogP contribution in [0, 0.1) is 5.92 Å². The lowest BCUT2D eigenvalue weighted by atomic mass is 9.97. The summed E-state index contributed by atoms with van der Waals surface area (Å²) in [7, 11) is 0. The zero-order chi connectivity index (χ0) is 18.6. The van der Waals surface area contributed by atoms with Gasteiger partial charge in [-0.3, -0.25) is 4.99 Å². The molecule has 0 aliphatic carbocycles. The van der Waals surface area contributed by atoms with Gasteiger partial charge in [-0.15, -0.1) is 0 Å². The molecular formula is C21H43N5. The Bertz CT molecular complexity index is 388. The molecule has 1 atom stereocenters. The second-order valence-electron chi connectivity index (χ2n) is 8.35. The van der Waals surface area contributed by atoms with Crippen LogP contribution in [-0.4, -0.2) is 74.2 Å². The van der Waals surface area contributed by atoms with Gasteiger partial charge in [0.2, 0.25) is 0 Å². The van der Waals surface area contributed by atoms with Crippen molar-refractivity contribution >= 4 is 5.96 Å². The Balaban J connectivity index is 1.68. The van der Waals surface area contributed by atoms with Crippen LogP contribution in [-0.2, 0) is 0 Å². The van der Waals surface area contributed by atoms with Crippen LogP contribution in [0.5, 0.6) is 0 Å². The SMILES string of the molecule is CCNC(=NCC1CCCN(C(C)C)C1)NCCCN1CCCCCC1. The molecule has 1 unspecified atom stereocenters. The maximum Gasteiger partial charge on any atom is 0.191 e. The standard InChI is InChI=1S/C21H43N5/c1-4-22-21(23-12-10-15-25-13-7-5-6-8-14-25)24-17-20-11-9-16-26(18-20)19(2)3/h19-20H,4-18H2,1-3H3,(H2,22,23,24). The smallest absolute Gasteiger partial charge is 0.191 e. The summed E-state index contributed by atoms with van der Waals surface area (Å²) >= 11 is 0. The first kappa shape index (κ1) is 21.5. The van der Waals surface area contributed by atoms with Gasteiger partial charge in [0.1, 0.15) is 0 Å². The Kier molecular flexibility index (Phi) is 10.4. The largest absolute Gasteiger partial charge is 0.357 e. The molecule has 2 aliphatic rings. The number of rotatable bonds is 8. The topological polar surface area (TPSA) is 42.9 Å². The van der Waals surface area contributed by atoms with E-state index >= 15 is 0 Å². The lowest BCUT2D eigenvalue weighted by Crippen LogP contribution is -2.42. The lowest BCUT2D eigenvalue weighted by Gasteiger charge is -2.34. The minimum Gasteiger partial charge on any atom is -0.357 e. The third-order valence-electron chi connectivity index (χ3n) is 5.77. The normalized spacial score (nSPS) is 23.8. The van der Waals surface area contributed by atoms with E-state index < -0.39 is 0 Å². The predicted octanol–water partition coefficient (Wildman–Crippen LogP) is 2.93. The van der Waals surface area contributed by atoms with E-state index in [1.165, 1.54) is 77.7 Å². The average molecular weight is 366 g/mol. The Morgan fingerprint density at radius 3 is 2.50 bits per heavy atom. The van der Waals surface area contributed by atoms with Crippen LogP contribution < -0.4 is 10.6 Å². The number of likely N-dealkylation sites (tertiary alicyclic amines) is 2. The van der Waals surface area contributed by atoms with E-state index in [9.17, 15) is 0 Å². The van der Waals surface area contributed by atoms with Crippen molar-refractivity contribution in [2.75, 3.05) is 52.4 Å². The van der Waals surface area contributed by atoms with E-state index in [4.69, 9.17) is 4.99 Å². The van der Waals surface area contributed by atoms with E-state index in [0.29, 0.717) is 12.0 Å². The number of aliphatic imine (C=N–C) groups is 1. The summed E-state index contributed by atoms with van der Waals surface area (Å²) in [5.74, 6) is 1.71. The molecule has 2 saturated heterocycles. The van der Waals surface area contributed by atoms with Gasteiger partial charge in [0, 0.05) is 32.2 Å². The fraction of sp³-hybridized carbons (Fsp3) is 0.952. The number of hydrogen-bond acceptors (Lipinski definition) is 3.